The predicted octanol–water partition coefficient (Wildman–Crippen LogP) is 7.26. The molecule has 1 N–H and O–H groups in total. The summed E-state index contributed by atoms with van der Waals surface area (Å²) in [5.41, 5.74) is 4.65. The number of nitrogens with zero attached hydrogens (tertiary/aromatic N) is 3. The molecule has 9 nitrogen and oxygen atoms in total. The molecular weight excluding hydrogens is 663 g/mol. The molecule has 51 heavy (non-hydrogen) atoms. The zero-order valence-corrected chi connectivity index (χ0v) is 29.3. The van der Waals surface area contributed by atoms with Gasteiger partial charge < -0.3 is 19.6 Å². The summed E-state index contributed by atoms with van der Waals surface area (Å²) in [4.78, 5) is 30.8. The third kappa shape index (κ3) is 8.48. The van der Waals surface area contributed by atoms with Gasteiger partial charge >= 0.3 is 5.97 Å². The highest BCUT2D eigenvalue weighted by Crippen LogP contribution is 2.29. The number of rotatable bonds is 12. The first kappa shape index (κ1) is 35.4. The van der Waals surface area contributed by atoms with Crippen molar-refractivity contribution >= 4 is 33.3 Å². The molecule has 10 heteroatoms. The molecule has 1 fully saturated rings. The minimum atomic E-state index is -4.17. The van der Waals surface area contributed by atoms with Crippen molar-refractivity contribution in [1.82, 2.24) is 4.31 Å². The molecule has 1 aliphatic heterocycles. The number of phenolic OH excluding ortho intramolecular Hbond substituents is 1. The van der Waals surface area contributed by atoms with Crippen molar-refractivity contribution in [2.75, 3.05) is 36.5 Å². The number of aromatic hydroxyl groups is 1. The summed E-state index contributed by atoms with van der Waals surface area (Å²) in [5.74, 6) is -1.58. The van der Waals surface area contributed by atoms with Crippen molar-refractivity contribution in [3.05, 3.63) is 144 Å². The number of sulfonamides is 1. The average molecular weight is 704 g/mol. The van der Waals surface area contributed by atoms with Crippen LogP contribution < -0.4 is 9.80 Å². The molecule has 1 saturated heterocycles. The van der Waals surface area contributed by atoms with E-state index >= 15 is 0 Å². The van der Waals surface area contributed by atoms with Gasteiger partial charge in [0.05, 0.1) is 25.1 Å². The van der Waals surface area contributed by atoms with Crippen molar-refractivity contribution in [2.45, 2.75) is 37.2 Å². The average Bonchev–Trinajstić information content (AvgIpc) is 3.18. The monoisotopic (exact) mass is 703 g/mol. The quantitative estimate of drug-likeness (QED) is 0.136. The Balaban J connectivity index is 1.34. The molecule has 0 radical (unpaired) electrons. The van der Waals surface area contributed by atoms with Gasteiger partial charge in [-0.3, -0.25) is 4.79 Å². The van der Waals surface area contributed by atoms with Crippen LogP contribution in [-0.2, 0) is 32.6 Å². The van der Waals surface area contributed by atoms with E-state index in [4.69, 9.17) is 4.74 Å². The van der Waals surface area contributed by atoms with Crippen LogP contribution in [0.3, 0.4) is 0 Å². The summed E-state index contributed by atoms with van der Waals surface area (Å²) in [6.45, 7) is 1.55. The molecule has 0 atom stereocenters. The van der Waals surface area contributed by atoms with E-state index in [0.29, 0.717) is 11.3 Å². The van der Waals surface area contributed by atoms with Crippen LogP contribution in [0.15, 0.2) is 132 Å². The molecule has 0 unspecified atom stereocenters. The second-order valence-electron chi connectivity index (χ2n) is 12.5. The molecule has 262 valence electrons. The largest absolute Gasteiger partial charge is 0.507 e. The van der Waals surface area contributed by atoms with E-state index in [0.717, 1.165) is 48.3 Å². The number of amides is 1. The lowest BCUT2D eigenvalue weighted by atomic mass is 10.1. The zero-order valence-electron chi connectivity index (χ0n) is 28.5. The van der Waals surface area contributed by atoms with Gasteiger partial charge in [-0.15, -0.1) is 0 Å². The van der Waals surface area contributed by atoms with E-state index in [-0.39, 0.29) is 29.3 Å². The Hall–Kier alpha value is -5.45. The second kappa shape index (κ2) is 16.1. The van der Waals surface area contributed by atoms with E-state index in [9.17, 15) is 23.1 Å². The fourth-order valence-electron chi connectivity index (χ4n) is 6.28. The summed E-state index contributed by atoms with van der Waals surface area (Å²) in [5, 5.41) is 10.4. The molecule has 5 aromatic carbocycles. The van der Waals surface area contributed by atoms with Crippen LogP contribution in [0.4, 0.5) is 11.4 Å². The van der Waals surface area contributed by atoms with Crippen LogP contribution in [0, 0.1) is 0 Å². The number of carbonyl (C=O) groups excluding carboxylic acids is 2. The SMILES string of the molecule is COC(=O)c1cc(N(Cc2ccc(N3CCCCC3)cc2)C(=O)CN(Cc2ccccc2)S(=O)(=O)c2ccc(-c3ccccc3)cc2)ccc1O. The van der Waals surface area contributed by atoms with Crippen molar-refractivity contribution < 1.29 is 27.9 Å². The van der Waals surface area contributed by atoms with Gasteiger partial charge in [0.25, 0.3) is 0 Å². The summed E-state index contributed by atoms with van der Waals surface area (Å²) in [6, 6.07) is 37.6. The van der Waals surface area contributed by atoms with E-state index in [1.54, 1.807) is 24.3 Å². The van der Waals surface area contributed by atoms with Crippen molar-refractivity contribution in [1.29, 1.82) is 0 Å². The Morgan fingerprint density at radius 3 is 1.98 bits per heavy atom. The lowest BCUT2D eigenvalue weighted by Crippen LogP contribution is -2.42. The standard InChI is InChI=1S/C41H41N3O6S/c1-50-41(47)38-27-36(21-24-39(38)45)44(29-32-15-19-35(20-16-32)42-25-9-4-10-26-42)40(46)30-43(28-31-11-5-2-6-12-31)51(48,49)37-22-17-34(18-23-37)33-13-7-3-8-14-33/h2-3,5-8,11-24,27,45H,4,9-10,25-26,28-30H2,1H3. The van der Waals surface area contributed by atoms with Crippen LogP contribution in [-0.4, -0.2) is 56.5 Å². The second-order valence-corrected chi connectivity index (χ2v) is 14.5. The first-order chi connectivity index (χ1) is 24.7. The van der Waals surface area contributed by atoms with Gasteiger partial charge in [0.1, 0.15) is 11.3 Å². The van der Waals surface area contributed by atoms with Crippen molar-refractivity contribution in [2.24, 2.45) is 0 Å². The van der Waals surface area contributed by atoms with E-state index in [1.807, 2.05) is 84.9 Å². The number of hydrogen-bond acceptors (Lipinski definition) is 7. The molecule has 1 aliphatic rings. The lowest BCUT2D eigenvalue weighted by molar-refractivity contribution is -0.119. The Morgan fingerprint density at radius 1 is 0.725 bits per heavy atom. The normalized spacial score (nSPS) is 13.2. The summed E-state index contributed by atoms with van der Waals surface area (Å²) < 4.78 is 34.7. The van der Waals surface area contributed by atoms with Crippen LogP contribution >= 0.6 is 0 Å². The highest BCUT2D eigenvalue weighted by Gasteiger charge is 2.30. The molecule has 1 amide bonds. The van der Waals surface area contributed by atoms with Gasteiger partial charge in [0.15, 0.2) is 0 Å². The molecular formula is C41H41N3O6S. The number of methoxy groups -OCH3 is 1. The number of hydrogen-bond donors (Lipinski definition) is 1. The van der Waals surface area contributed by atoms with Crippen LogP contribution in [0.5, 0.6) is 5.75 Å². The maximum Gasteiger partial charge on any atom is 0.341 e. The topological polar surface area (TPSA) is 107 Å². The fourth-order valence-corrected chi connectivity index (χ4v) is 7.66. The van der Waals surface area contributed by atoms with E-state index < -0.39 is 28.4 Å². The van der Waals surface area contributed by atoms with Gasteiger partial charge in [0, 0.05) is 31.0 Å². The minimum absolute atomic E-state index is 0.0449. The molecule has 0 aliphatic carbocycles. The number of esters is 1. The lowest BCUT2D eigenvalue weighted by Gasteiger charge is -2.30. The molecule has 0 aromatic heterocycles. The number of anilines is 2. The van der Waals surface area contributed by atoms with Gasteiger partial charge in [0.2, 0.25) is 15.9 Å². The molecule has 6 rings (SSSR count). The number of benzene rings is 5. The predicted molar refractivity (Wildman–Crippen MR) is 199 cm³/mol. The Labute approximate surface area is 299 Å². The smallest absolute Gasteiger partial charge is 0.341 e. The molecule has 0 bridgehead atoms. The van der Waals surface area contributed by atoms with Gasteiger partial charge in [-0.05, 0) is 84.0 Å². The van der Waals surface area contributed by atoms with Gasteiger partial charge in [-0.1, -0.05) is 84.9 Å². The minimum Gasteiger partial charge on any atom is -0.507 e. The number of carbonyl (C=O) groups is 2. The van der Waals surface area contributed by atoms with Crippen LogP contribution in [0.25, 0.3) is 11.1 Å². The highest BCUT2D eigenvalue weighted by molar-refractivity contribution is 7.89. The Kier molecular flexibility index (Phi) is 11.1. The highest BCUT2D eigenvalue weighted by atomic mass is 32.2. The van der Waals surface area contributed by atoms with Gasteiger partial charge in [-0.25, -0.2) is 13.2 Å². The number of piperidine rings is 1. The third-order valence-corrected chi connectivity index (χ3v) is 10.9. The van der Waals surface area contributed by atoms with Crippen LogP contribution in [0.1, 0.15) is 40.7 Å². The molecule has 1 heterocycles. The van der Waals surface area contributed by atoms with Crippen molar-refractivity contribution in [3.63, 3.8) is 0 Å². The Morgan fingerprint density at radius 2 is 1.33 bits per heavy atom. The molecule has 0 spiro atoms. The summed E-state index contributed by atoms with van der Waals surface area (Å²) in [6.07, 6.45) is 3.52. The maximum atomic E-state index is 14.4. The molecule has 5 aromatic rings. The van der Waals surface area contributed by atoms with E-state index in [2.05, 4.69) is 4.90 Å². The first-order valence-electron chi connectivity index (χ1n) is 17.0. The Bertz CT molecular complexity index is 2050. The number of ether oxygens (including phenoxy) is 1. The fraction of sp³-hybridized carbons (Fsp3) is 0.220. The van der Waals surface area contributed by atoms with E-state index in [1.165, 1.54) is 40.9 Å². The first-order valence-corrected chi connectivity index (χ1v) is 18.4. The summed E-state index contributed by atoms with van der Waals surface area (Å²) in [7, 11) is -2.96. The zero-order chi connectivity index (χ0) is 35.8. The van der Waals surface area contributed by atoms with Crippen molar-refractivity contribution in [3.8, 4) is 16.9 Å². The summed E-state index contributed by atoms with van der Waals surface area (Å²) >= 11 is 0. The molecule has 0 saturated carbocycles. The third-order valence-electron chi connectivity index (χ3n) is 9.11. The van der Waals surface area contributed by atoms with Gasteiger partial charge in [-0.2, -0.15) is 4.31 Å². The van der Waals surface area contributed by atoms with Crippen LogP contribution in [0.2, 0.25) is 0 Å². The number of phenols is 1. The maximum absolute atomic E-state index is 14.4.